The highest BCUT2D eigenvalue weighted by atomic mass is 16.2. The lowest BCUT2D eigenvalue weighted by Gasteiger charge is -2.27. The van der Waals surface area contributed by atoms with Crippen molar-refractivity contribution in [2.24, 2.45) is 0 Å². The number of piperidine rings is 1. The van der Waals surface area contributed by atoms with Crippen molar-refractivity contribution < 1.29 is 19.2 Å². The van der Waals surface area contributed by atoms with Gasteiger partial charge in [0.15, 0.2) is 0 Å². The molecule has 2 heterocycles. The summed E-state index contributed by atoms with van der Waals surface area (Å²) in [5, 5.41) is 2.12. The summed E-state index contributed by atoms with van der Waals surface area (Å²) in [6, 6.07) is -0.954. The van der Waals surface area contributed by atoms with Crippen molar-refractivity contribution in [2.45, 2.75) is 32.7 Å². The van der Waals surface area contributed by atoms with Crippen LogP contribution in [-0.2, 0) is 19.2 Å². The zero-order valence-corrected chi connectivity index (χ0v) is 12.1. The number of allylic oxidation sites excluding steroid dienone is 2. The Bertz CT molecular complexity index is 560. The van der Waals surface area contributed by atoms with E-state index in [1.165, 1.54) is 12.2 Å². The lowest BCUT2D eigenvalue weighted by Crippen LogP contribution is -2.54. The molecule has 4 amide bonds. The maximum absolute atomic E-state index is 12.1. The predicted octanol–water partition coefficient (Wildman–Crippen LogP) is 0.855. The minimum Gasteiger partial charge on any atom is -0.295 e. The van der Waals surface area contributed by atoms with Crippen LogP contribution < -0.4 is 5.32 Å². The van der Waals surface area contributed by atoms with Crippen molar-refractivity contribution >= 4 is 23.6 Å². The van der Waals surface area contributed by atoms with Gasteiger partial charge in [-0.3, -0.25) is 29.4 Å². The molecule has 2 aliphatic rings. The molecule has 2 aliphatic heterocycles. The zero-order valence-electron chi connectivity index (χ0n) is 12.1. The molecule has 6 heteroatoms. The Kier molecular flexibility index (Phi) is 5.35. The molecular weight excluding hydrogens is 272 g/mol. The first kappa shape index (κ1) is 16.6. The van der Waals surface area contributed by atoms with Gasteiger partial charge in [-0.05, 0) is 12.5 Å². The summed E-state index contributed by atoms with van der Waals surface area (Å²) in [6.07, 6.45) is 2.99. The number of nitrogens with one attached hydrogen (secondary N) is 1. The topological polar surface area (TPSA) is 83.6 Å². The van der Waals surface area contributed by atoms with E-state index in [-0.39, 0.29) is 24.0 Å². The van der Waals surface area contributed by atoms with Gasteiger partial charge >= 0.3 is 0 Å². The standard InChI is InChI=1S/C13H12N2O4.C2H6/c1-3-4-8-7(2)12(18)15(13(8)19)9-5-6-10(16)14-11(9)17;1-2/h3-4,9H,1-2,5-6H2,(H,14,16,17);1-2H3/b8-4+;. The van der Waals surface area contributed by atoms with Crippen molar-refractivity contribution in [2.75, 3.05) is 0 Å². The molecular formula is C15H18N2O4. The third-order valence-electron chi connectivity index (χ3n) is 3.06. The molecule has 2 fully saturated rings. The number of likely N-dealkylation sites (tertiary alicyclic amines) is 1. The molecule has 0 aromatic heterocycles. The van der Waals surface area contributed by atoms with Crippen LogP contribution in [0.5, 0.6) is 0 Å². The summed E-state index contributed by atoms with van der Waals surface area (Å²) in [5.74, 6) is -2.22. The number of nitrogens with zero attached hydrogens (tertiary/aromatic N) is 1. The largest absolute Gasteiger partial charge is 0.295 e. The van der Waals surface area contributed by atoms with Crippen LogP contribution in [-0.4, -0.2) is 34.6 Å². The van der Waals surface area contributed by atoms with Gasteiger partial charge in [0.05, 0.1) is 5.57 Å². The smallest absolute Gasteiger partial charge is 0.262 e. The first-order valence-corrected chi connectivity index (χ1v) is 6.71. The normalized spacial score (nSPS) is 23.9. The van der Waals surface area contributed by atoms with Gasteiger partial charge in [-0.1, -0.05) is 33.1 Å². The minimum absolute atomic E-state index is 0.0367. The Hall–Kier alpha value is -2.50. The summed E-state index contributed by atoms with van der Waals surface area (Å²) in [7, 11) is 0. The quantitative estimate of drug-likeness (QED) is 0.604. The summed E-state index contributed by atoms with van der Waals surface area (Å²) in [5.41, 5.74) is 0.166. The average Bonchev–Trinajstić information content (AvgIpc) is 2.67. The molecule has 6 nitrogen and oxygen atoms in total. The average molecular weight is 290 g/mol. The third-order valence-corrected chi connectivity index (χ3v) is 3.06. The van der Waals surface area contributed by atoms with Crippen molar-refractivity contribution in [3.05, 3.63) is 36.5 Å². The van der Waals surface area contributed by atoms with Crippen LogP contribution in [0.15, 0.2) is 36.5 Å². The van der Waals surface area contributed by atoms with Crippen LogP contribution in [0, 0.1) is 0 Å². The second kappa shape index (κ2) is 6.78. The van der Waals surface area contributed by atoms with Gasteiger partial charge in [0.1, 0.15) is 6.04 Å². The number of amides is 4. The Morgan fingerprint density at radius 2 is 1.81 bits per heavy atom. The van der Waals surface area contributed by atoms with Gasteiger partial charge in [0.25, 0.3) is 11.8 Å². The number of hydrogen-bond acceptors (Lipinski definition) is 4. The van der Waals surface area contributed by atoms with Crippen LogP contribution in [0.4, 0.5) is 0 Å². The van der Waals surface area contributed by atoms with Crippen LogP contribution in [0.1, 0.15) is 26.7 Å². The SMILES string of the molecule is C=C/C=C1\C(=C)C(=O)N(C2CCC(=O)NC2=O)C1=O.CC. The van der Waals surface area contributed by atoms with E-state index in [1.807, 2.05) is 13.8 Å². The minimum atomic E-state index is -0.954. The lowest BCUT2D eigenvalue weighted by atomic mass is 10.0. The fourth-order valence-corrected chi connectivity index (χ4v) is 2.11. The Morgan fingerprint density at radius 3 is 2.33 bits per heavy atom. The van der Waals surface area contributed by atoms with E-state index in [9.17, 15) is 19.2 Å². The number of imide groups is 2. The van der Waals surface area contributed by atoms with E-state index in [2.05, 4.69) is 18.5 Å². The van der Waals surface area contributed by atoms with E-state index >= 15 is 0 Å². The maximum Gasteiger partial charge on any atom is 0.262 e. The van der Waals surface area contributed by atoms with E-state index < -0.39 is 29.7 Å². The van der Waals surface area contributed by atoms with Gasteiger partial charge in [-0.15, -0.1) is 0 Å². The van der Waals surface area contributed by atoms with Crippen LogP contribution in [0.25, 0.3) is 0 Å². The summed E-state index contributed by atoms with van der Waals surface area (Å²) in [4.78, 5) is 47.7. The summed E-state index contributed by atoms with van der Waals surface area (Å²) in [6.45, 7) is 11.0. The van der Waals surface area contributed by atoms with Gasteiger partial charge in [-0.2, -0.15) is 0 Å². The number of hydrogen-bond donors (Lipinski definition) is 1. The Balaban J connectivity index is 0.00000106. The van der Waals surface area contributed by atoms with Gasteiger partial charge in [-0.25, -0.2) is 0 Å². The molecule has 112 valence electrons. The second-order valence-corrected chi connectivity index (χ2v) is 4.24. The van der Waals surface area contributed by atoms with E-state index in [0.717, 1.165) is 4.90 Å². The number of carbonyl (C=O) groups excluding carboxylic acids is 4. The first-order chi connectivity index (χ1) is 9.97. The maximum atomic E-state index is 12.1. The summed E-state index contributed by atoms with van der Waals surface area (Å²) < 4.78 is 0. The first-order valence-electron chi connectivity index (χ1n) is 6.71. The van der Waals surface area contributed by atoms with Gasteiger partial charge in [0, 0.05) is 12.0 Å². The van der Waals surface area contributed by atoms with E-state index in [1.54, 1.807) is 0 Å². The molecule has 2 rings (SSSR count). The van der Waals surface area contributed by atoms with Gasteiger partial charge in [0.2, 0.25) is 11.8 Å². The monoisotopic (exact) mass is 290 g/mol. The highest BCUT2D eigenvalue weighted by Gasteiger charge is 2.45. The second-order valence-electron chi connectivity index (χ2n) is 4.24. The summed E-state index contributed by atoms with van der Waals surface area (Å²) >= 11 is 0. The molecule has 0 spiro atoms. The van der Waals surface area contributed by atoms with Crippen LogP contribution in [0.3, 0.4) is 0 Å². The molecule has 1 N–H and O–H groups in total. The van der Waals surface area contributed by atoms with Crippen LogP contribution >= 0.6 is 0 Å². The third kappa shape index (κ3) is 2.99. The molecule has 0 aromatic rings. The molecule has 0 aliphatic carbocycles. The molecule has 1 atom stereocenters. The molecule has 0 aromatic carbocycles. The highest BCUT2D eigenvalue weighted by molar-refractivity contribution is 6.26. The Morgan fingerprint density at radius 1 is 1.19 bits per heavy atom. The van der Waals surface area contributed by atoms with Crippen LogP contribution in [0.2, 0.25) is 0 Å². The zero-order chi connectivity index (χ0) is 16.2. The van der Waals surface area contributed by atoms with E-state index in [4.69, 9.17) is 0 Å². The number of carbonyl (C=O) groups is 4. The fourth-order valence-electron chi connectivity index (χ4n) is 2.11. The van der Waals surface area contributed by atoms with Crippen molar-refractivity contribution in [1.29, 1.82) is 0 Å². The van der Waals surface area contributed by atoms with E-state index in [0.29, 0.717) is 0 Å². The molecule has 0 saturated carbocycles. The molecule has 2 saturated heterocycles. The molecule has 0 radical (unpaired) electrons. The molecule has 1 unspecified atom stereocenters. The van der Waals surface area contributed by atoms with Crippen molar-refractivity contribution in [1.82, 2.24) is 10.2 Å². The lowest BCUT2D eigenvalue weighted by molar-refractivity contribution is -0.149. The van der Waals surface area contributed by atoms with Gasteiger partial charge < -0.3 is 0 Å². The number of rotatable bonds is 2. The molecule has 21 heavy (non-hydrogen) atoms. The molecule has 0 bridgehead atoms. The predicted molar refractivity (Wildman–Crippen MR) is 76.8 cm³/mol. The highest BCUT2D eigenvalue weighted by Crippen LogP contribution is 2.28. The van der Waals surface area contributed by atoms with Crippen molar-refractivity contribution in [3.63, 3.8) is 0 Å². The fraction of sp³-hybridized carbons (Fsp3) is 0.333. The Labute approximate surface area is 123 Å². The van der Waals surface area contributed by atoms with Crippen molar-refractivity contribution in [3.8, 4) is 0 Å².